The second kappa shape index (κ2) is 10.5. The standard InChI is InChI=1S/C22H27N3O4S/c1-2-12-24-30(27,28)21-10-8-19(9-11-21)22(26)23-15-20-17-25(13-14-29-20)16-18-6-4-3-5-7-18/h2-11,20,24H,1,12-17H2,(H,23,26). The second-order valence-electron chi connectivity index (χ2n) is 7.09. The molecule has 3 rings (SSSR count). The van der Waals surface area contributed by atoms with Crippen molar-refractivity contribution < 1.29 is 17.9 Å². The number of carbonyl (C=O) groups excluding carboxylic acids is 1. The molecule has 1 heterocycles. The van der Waals surface area contributed by atoms with Gasteiger partial charge in [-0.15, -0.1) is 6.58 Å². The van der Waals surface area contributed by atoms with E-state index in [-0.39, 0.29) is 23.5 Å². The van der Waals surface area contributed by atoms with Crippen molar-refractivity contribution >= 4 is 15.9 Å². The van der Waals surface area contributed by atoms with Crippen LogP contribution in [0.5, 0.6) is 0 Å². The Morgan fingerprint density at radius 1 is 1.17 bits per heavy atom. The summed E-state index contributed by atoms with van der Waals surface area (Å²) in [5, 5.41) is 2.88. The van der Waals surface area contributed by atoms with Gasteiger partial charge in [-0.1, -0.05) is 36.4 Å². The van der Waals surface area contributed by atoms with Crippen molar-refractivity contribution in [1.29, 1.82) is 0 Å². The number of carbonyl (C=O) groups is 1. The van der Waals surface area contributed by atoms with Crippen molar-refractivity contribution in [3.8, 4) is 0 Å². The van der Waals surface area contributed by atoms with E-state index in [4.69, 9.17) is 4.74 Å². The predicted octanol–water partition coefficient (Wildman–Crippen LogP) is 1.78. The van der Waals surface area contributed by atoms with Gasteiger partial charge in [0.1, 0.15) is 0 Å². The Hall–Kier alpha value is -2.52. The van der Waals surface area contributed by atoms with Crippen LogP contribution in [0.1, 0.15) is 15.9 Å². The molecule has 2 aromatic rings. The first-order chi connectivity index (χ1) is 14.5. The summed E-state index contributed by atoms with van der Waals surface area (Å²) >= 11 is 0. The monoisotopic (exact) mass is 429 g/mol. The van der Waals surface area contributed by atoms with Gasteiger partial charge < -0.3 is 10.1 Å². The van der Waals surface area contributed by atoms with E-state index in [1.54, 1.807) is 0 Å². The Morgan fingerprint density at radius 2 is 1.90 bits per heavy atom. The van der Waals surface area contributed by atoms with Crippen molar-refractivity contribution in [1.82, 2.24) is 14.9 Å². The zero-order chi connectivity index (χ0) is 21.4. The summed E-state index contributed by atoms with van der Waals surface area (Å²) < 4.78 is 32.3. The molecule has 0 saturated carbocycles. The molecule has 2 aromatic carbocycles. The van der Waals surface area contributed by atoms with Crippen LogP contribution in [0.4, 0.5) is 0 Å². The second-order valence-corrected chi connectivity index (χ2v) is 8.86. The minimum absolute atomic E-state index is 0.0887. The van der Waals surface area contributed by atoms with Gasteiger partial charge in [0, 0.05) is 38.3 Å². The Labute approximate surface area is 177 Å². The van der Waals surface area contributed by atoms with E-state index in [1.807, 2.05) is 18.2 Å². The fourth-order valence-electron chi connectivity index (χ4n) is 3.24. The minimum atomic E-state index is -3.60. The lowest BCUT2D eigenvalue weighted by molar-refractivity contribution is -0.0292. The summed E-state index contributed by atoms with van der Waals surface area (Å²) in [4.78, 5) is 14.9. The molecular formula is C22H27N3O4S. The van der Waals surface area contributed by atoms with Gasteiger partial charge in [-0.25, -0.2) is 13.1 Å². The lowest BCUT2D eigenvalue weighted by Crippen LogP contribution is -2.47. The minimum Gasteiger partial charge on any atom is -0.374 e. The van der Waals surface area contributed by atoms with E-state index in [0.29, 0.717) is 18.7 Å². The van der Waals surface area contributed by atoms with Crippen molar-refractivity contribution in [2.45, 2.75) is 17.5 Å². The van der Waals surface area contributed by atoms with Gasteiger partial charge in [0.2, 0.25) is 10.0 Å². The number of ether oxygens (including phenoxy) is 1. The van der Waals surface area contributed by atoms with Gasteiger partial charge >= 0.3 is 0 Å². The molecule has 0 aliphatic carbocycles. The number of nitrogens with zero attached hydrogens (tertiary/aromatic N) is 1. The first-order valence-corrected chi connectivity index (χ1v) is 11.3. The van der Waals surface area contributed by atoms with Crippen molar-refractivity contribution in [2.24, 2.45) is 0 Å². The molecule has 1 unspecified atom stereocenters. The Kier molecular flexibility index (Phi) is 7.75. The molecule has 0 spiro atoms. The molecular weight excluding hydrogens is 402 g/mol. The van der Waals surface area contributed by atoms with Gasteiger partial charge in [-0.2, -0.15) is 0 Å². The lowest BCUT2D eigenvalue weighted by Gasteiger charge is -2.33. The third kappa shape index (κ3) is 6.24. The van der Waals surface area contributed by atoms with E-state index in [0.717, 1.165) is 19.6 Å². The lowest BCUT2D eigenvalue weighted by atomic mass is 10.2. The van der Waals surface area contributed by atoms with Crippen molar-refractivity contribution in [2.75, 3.05) is 32.8 Å². The number of amides is 1. The summed E-state index contributed by atoms with van der Waals surface area (Å²) in [6, 6.07) is 16.1. The first-order valence-electron chi connectivity index (χ1n) is 9.84. The third-order valence-corrected chi connectivity index (χ3v) is 6.25. The number of nitrogens with one attached hydrogen (secondary N) is 2. The van der Waals surface area contributed by atoms with Gasteiger partial charge in [0.25, 0.3) is 5.91 Å². The quantitative estimate of drug-likeness (QED) is 0.594. The molecule has 8 heteroatoms. The average molecular weight is 430 g/mol. The molecule has 160 valence electrons. The molecule has 1 fully saturated rings. The molecule has 30 heavy (non-hydrogen) atoms. The van der Waals surface area contributed by atoms with Gasteiger partial charge in [0.15, 0.2) is 0 Å². The fraction of sp³-hybridized carbons (Fsp3) is 0.318. The Morgan fingerprint density at radius 3 is 2.60 bits per heavy atom. The third-order valence-electron chi connectivity index (χ3n) is 4.81. The Balaban J connectivity index is 1.50. The highest BCUT2D eigenvalue weighted by Gasteiger charge is 2.21. The predicted molar refractivity (Wildman–Crippen MR) is 116 cm³/mol. The summed E-state index contributed by atoms with van der Waals surface area (Å²) in [6.07, 6.45) is 1.38. The molecule has 0 bridgehead atoms. The average Bonchev–Trinajstić information content (AvgIpc) is 2.77. The normalized spacial score (nSPS) is 17.4. The van der Waals surface area contributed by atoms with E-state index in [1.165, 1.54) is 35.9 Å². The van der Waals surface area contributed by atoms with Crippen LogP contribution in [0.2, 0.25) is 0 Å². The molecule has 1 amide bonds. The van der Waals surface area contributed by atoms with Crippen molar-refractivity contribution in [3.63, 3.8) is 0 Å². The highest BCUT2D eigenvalue weighted by molar-refractivity contribution is 7.89. The molecule has 1 aliphatic heterocycles. The molecule has 7 nitrogen and oxygen atoms in total. The van der Waals surface area contributed by atoms with Crippen LogP contribution in [0.15, 0.2) is 72.1 Å². The van der Waals surface area contributed by atoms with Crippen LogP contribution in [0.3, 0.4) is 0 Å². The smallest absolute Gasteiger partial charge is 0.251 e. The van der Waals surface area contributed by atoms with E-state index in [9.17, 15) is 13.2 Å². The van der Waals surface area contributed by atoms with Crippen molar-refractivity contribution in [3.05, 3.63) is 78.4 Å². The number of morpholine rings is 1. The maximum Gasteiger partial charge on any atom is 0.251 e. The largest absolute Gasteiger partial charge is 0.374 e. The van der Waals surface area contributed by atoms with Crippen LogP contribution < -0.4 is 10.0 Å². The van der Waals surface area contributed by atoms with Gasteiger partial charge in [-0.05, 0) is 29.8 Å². The summed E-state index contributed by atoms with van der Waals surface area (Å²) in [6.45, 7) is 7.09. The number of sulfonamides is 1. The van der Waals surface area contributed by atoms with E-state index >= 15 is 0 Å². The topological polar surface area (TPSA) is 87.7 Å². The maximum atomic E-state index is 12.4. The SMILES string of the molecule is C=CCNS(=O)(=O)c1ccc(C(=O)NCC2CN(Cc3ccccc3)CCO2)cc1. The van der Waals surface area contributed by atoms with Crippen LogP contribution in [-0.2, 0) is 21.3 Å². The molecule has 1 aliphatic rings. The van der Waals surface area contributed by atoms with Crippen LogP contribution in [0.25, 0.3) is 0 Å². The summed E-state index contributed by atoms with van der Waals surface area (Å²) in [5.74, 6) is -0.262. The van der Waals surface area contributed by atoms with E-state index < -0.39 is 10.0 Å². The first kappa shape index (κ1) is 22.2. The molecule has 2 N–H and O–H groups in total. The number of hydrogen-bond donors (Lipinski definition) is 2. The number of benzene rings is 2. The fourth-order valence-corrected chi connectivity index (χ4v) is 4.23. The molecule has 0 aromatic heterocycles. The number of hydrogen-bond acceptors (Lipinski definition) is 5. The summed E-state index contributed by atoms with van der Waals surface area (Å²) in [5.41, 5.74) is 1.65. The van der Waals surface area contributed by atoms with Crippen LogP contribution in [0, 0.1) is 0 Å². The highest BCUT2D eigenvalue weighted by Crippen LogP contribution is 2.12. The number of rotatable bonds is 9. The van der Waals surface area contributed by atoms with Gasteiger partial charge in [0.05, 0.1) is 17.6 Å². The molecule has 0 radical (unpaired) electrons. The zero-order valence-corrected chi connectivity index (χ0v) is 17.6. The molecule has 1 saturated heterocycles. The Bertz CT molecular complexity index is 946. The maximum absolute atomic E-state index is 12.4. The zero-order valence-electron chi connectivity index (χ0n) is 16.8. The van der Waals surface area contributed by atoms with Crippen LogP contribution in [-0.4, -0.2) is 58.1 Å². The highest BCUT2D eigenvalue weighted by atomic mass is 32.2. The van der Waals surface area contributed by atoms with E-state index in [2.05, 4.69) is 33.7 Å². The van der Waals surface area contributed by atoms with Crippen LogP contribution >= 0.6 is 0 Å². The van der Waals surface area contributed by atoms with Gasteiger partial charge in [-0.3, -0.25) is 9.69 Å². The summed E-state index contributed by atoms with van der Waals surface area (Å²) in [7, 11) is -3.60. The molecule has 1 atom stereocenters.